The molecule has 0 radical (unpaired) electrons. The van der Waals surface area contributed by atoms with Crippen LogP contribution in [0.25, 0.3) is 22.2 Å². The molecule has 5 heteroatoms. The number of unbranched alkanes of at least 4 members (excludes halogenated alkanes) is 1. The number of hydrogen-bond donors (Lipinski definition) is 1. The Morgan fingerprint density at radius 2 is 1.78 bits per heavy atom. The lowest BCUT2D eigenvalue weighted by Crippen LogP contribution is -2.18. The molecule has 36 heavy (non-hydrogen) atoms. The first-order chi connectivity index (χ1) is 17.6. The summed E-state index contributed by atoms with van der Waals surface area (Å²) in [7, 11) is 0. The zero-order chi connectivity index (χ0) is 25.3. The molecule has 4 rings (SSSR count). The Morgan fingerprint density at radius 1 is 1.03 bits per heavy atom. The number of nitrogens with zero attached hydrogens (tertiary/aromatic N) is 2. The van der Waals surface area contributed by atoms with E-state index in [9.17, 15) is 4.79 Å². The molecule has 1 amide bonds. The highest BCUT2D eigenvalue weighted by Crippen LogP contribution is 2.27. The van der Waals surface area contributed by atoms with Crippen LogP contribution in [0.2, 0.25) is 0 Å². The maximum atomic E-state index is 13.1. The average Bonchev–Trinajstić information content (AvgIpc) is 2.93. The van der Waals surface area contributed by atoms with Crippen LogP contribution in [0.4, 0.5) is 0 Å². The summed E-state index contributed by atoms with van der Waals surface area (Å²) in [6, 6.07) is 25.6. The van der Waals surface area contributed by atoms with E-state index in [1.165, 1.54) is 5.56 Å². The van der Waals surface area contributed by atoms with Gasteiger partial charge in [-0.05, 0) is 66.3 Å². The molecule has 1 heterocycles. The number of ether oxygens (including phenoxy) is 1. The highest BCUT2D eigenvalue weighted by atomic mass is 16.5. The number of hydrazone groups is 1. The van der Waals surface area contributed by atoms with Gasteiger partial charge in [0.15, 0.2) is 0 Å². The zero-order valence-corrected chi connectivity index (χ0v) is 21.2. The van der Waals surface area contributed by atoms with Gasteiger partial charge in [-0.1, -0.05) is 69.7 Å². The van der Waals surface area contributed by atoms with Crippen molar-refractivity contribution in [2.45, 2.75) is 46.0 Å². The van der Waals surface area contributed by atoms with E-state index in [1.54, 1.807) is 6.21 Å². The molecule has 0 saturated heterocycles. The molecule has 0 spiro atoms. The van der Waals surface area contributed by atoms with E-state index in [1.807, 2.05) is 54.6 Å². The molecule has 0 bridgehead atoms. The number of pyridine rings is 1. The van der Waals surface area contributed by atoms with Gasteiger partial charge in [-0.3, -0.25) is 4.79 Å². The molecule has 1 unspecified atom stereocenters. The summed E-state index contributed by atoms with van der Waals surface area (Å²) in [5, 5.41) is 4.98. The third-order valence-electron chi connectivity index (χ3n) is 6.38. The van der Waals surface area contributed by atoms with Crippen LogP contribution in [0.3, 0.4) is 0 Å². The van der Waals surface area contributed by atoms with Crippen LogP contribution in [-0.2, 0) is 0 Å². The molecule has 0 fully saturated rings. The Balaban J connectivity index is 1.52. The molecule has 184 valence electrons. The lowest BCUT2D eigenvalue weighted by atomic mass is 9.96. The summed E-state index contributed by atoms with van der Waals surface area (Å²) in [4.78, 5) is 18.0. The van der Waals surface area contributed by atoms with Crippen LogP contribution in [0, 0.1) is 0 Å². The van der Waals surface area contributed by atoms with Crippen LogP contribution in [0.1, 0.15) is 67.4 Å². The van der Waals surface area contributed by atoms with E-state index in [-0.39, 0.29) is 5.91 Å². The number of rotatable bonds is 10. The molecule has 1 aromatic heterocycles. The predicted octanol–water partition coefficient (Wildman–Crippen LogP) is 7.36. The number of aromatic nitrogens is 1. The van der Waals surface area contributed by atoms with Crippen molar-refractivity contribution in [2.24, 2.45) is 5.10 Å². The Hall–Kier alpha value is -3.99. The first-order valence-electron chi connectivity index (χ1n) is 12.7. The van der Waals surface area contributed by atoms with E-state index < -0.39 is 0 Å². The monoisotopic (exact) mass is 479 g/mol. The van der Waals surface area contributed by atoms with Crippen molar-refractivity contribution in [3.05, 3.63) is 95.6 Å². The molecule has 5 nitrogen and oxygen atoms in total. The van der Waals surface area contributed by atoms with E-state index in [2.05, 4.69) is 55.6 Å². The number of carbonyl (C=O) groups is 1. The van der Waals surface area contributed by atoms with E-state index in [0.29, 0.717) is 18.1 Å². The van der Waals surface area contributed by atoms with Gasteiger partial charge in [0.1, 0.15) is 5.75 Å². The van der Waals surface area contributed by atoms with E-state index in [0.717, 1.165) is 52.7 Å². The second-order valence-electron chi connectivity index (χ2n) is 8.97. The minimum Gasteiger partial charge on any atom is -0.494 e. The van der Waals surface area contributed by atoms with Gasteiger partial charge < -0.3 is 4.74 Å². The highest BCUT2D eigenvalue weighted by molar-refractivity contribution is 6.07. The van der Waals surface area contributed by atoms with Crippen molar-refractivity contribution in [1.29, 1.82) is 0 Å². The number of carbonyl (C=O) groups excluding carboxylic acids is 1. The second kappa shape index (κ2) is 12.1. The third kappa shape index (κ3) is 6.16. The summed E-state index contributed by atoms with van der Waals surface area (Å²) in [6.07, 6.45) is 4.86. The lowest BCUT2D eigenvalue weighted by Gasteiger charge is -2.11. The Labute approximate surface area is 213 Å². The smallest absolute Gasteiger partial charge is 0.272 e. The fraction of sp³-hybridized carbons (Fsp3) is 0.258. The molecule has 3 aromatic carbocycles. The first-order valence-corrected chi connectivity index (χ1v) is 12.7. The summed E-state index contributed by atoms with van der Waals surface area (Å²) in [6.45, 7) is 7.26. The van der Waals surface area contributed by atoms with Gasteiger partial charge in [0.2, 0.25) is 0 Å². The number of benzene rings is 3. The van der Waals surface area contributed by atoms with Crippen LogP contribution >= 0.6 is 0 Å². The van der Waals surface area contributed by atoms with Gasteiger partial charge in [-0.15, -0.1) is 0 Å². The fourth-order valence-corrected chi connectivity index (χ4v) is 3.94. The van der Waals surface area contributed by atoms with E-state index in [4.69, 9.17) is 9.72 Å². The topological polar surface area (TPSA) is 63.6 Å². The van der Waals surface area contributed by atoms with Crippen molar-refractivity contribution in [3.8, 4) is 17.0 Å². The largest absolute Gasteiger partial charge is 0.494 e. The van der Waals surface area contributed by atoms with Gasteiger partial charge in [-0.2, -0.15) is 5.10 Å². The Morgan fingerprint density at radius 3 is 2.50 bits per heavy atom. The Kier molecular flexibility index (Phi) is 8.45. The molecule has 0 saturated carbocycles. The van der Waals surface area contributed by atoms with Gasteiger partial charge in [0.05, 0.1) is 29.6 Å². The van der Waals surface area contributed by atoms with Crippen molar-refractivity contribution >= 4 is 23.0 Å². The quantitative estimate of drug-likeness (QED) is 0.147. The van der Waals surface area contributed by atoms with Gasteiger partial charge in [0.25, 0.3) is 5.91 Å². The number of fused-ring (bicyclic) bond motifs is 1. The fourth-order valence-electron chi connectivity index (χ4n) is 3.94. The molecule has 1 atom stereocenters. The van der Waals surface area contributed by atoms with Crippen LogP contribution < -0.4 is 10.2 Å². The normalized spacial score (nSPS) is 12.1. The lowest BCUT2D eigenvalue weighted by molar-refractivity contribution is 0.0956. The molecular formula is C31H33N3O2. The molecular weight excluding hydrogens is 446 g/mol. The van der Waals surface area contributed by atoms with Crippen molar-refractivity contribution < 1.29 is 9.53 Å². The van der Waals surface area contributed by atoms with Crippen molar-refractivity contribution in [3.63, 3.8) is 0 Å². The van der Waals surface area contributed by atoms with Crippen LogP contribution in [0.15, 0.2) is 84.0 Å². The molecule has 4 aromatic rings. The molecule has 0 aliphatic heterocycles. The van der Waals surface area contributed by atoms with E-state index >= 15 is 0 Å². The van der Waals surface area contributed by atoms with Crippen molar-refractivity contribution in [1.82, 2.24) is 10.4 Å². The first kappa shape index (κ1) is 25.1. The number of hydrogen-bond acceptors (Lipinski definition) is 4. The van der Waals surface area contributed by atoms with Crippen LogP contribution in [-0.4, -0.2) is 23.7 Å². The zero-order valence-electron chi connectivity index (χ0n) is 21.2. The minimum atomic E-state index is -0.276. The average molecular weight is 480 g/mol. The number of amides is 1. The van der Waals surface area contributed by atoms with Crippen molar-refractivity contribution in [2.75, 3.05) is 6.61 Å². The third-order valence-corrected chi connectivity index (χ3v) is 6.38. The summed E-state index contributed by atoms with van der Waals surface area (Å²) >= 11 is 0. The molecule has 0 aliphatic carbocycles. The second-order valence-corrected chi connectivity index (χ2v) is 8.97. The van der Waals surface area contributed by atoms with Crippen LogP contribution in [0.5, 0.6) is 5.75 Å². The van der Waals surface area contributed by atoms with Gasteiger partial charge in [0, 0.05) is 10.9 Å². The van der Waals surface area contributed by atoms with Gasteiger partial charge in [-0.25, -0.2) is 10.4 Å². The molecule has 1 N–H and O–H groups in total. The maximum absolute atomic E-state index is 13.1. The maximum Gasteiger partial charge on any atom is 0.272 e. The SMILES string of the molecule is CCCCOc1ccc(/C=N/NC(=O)c2cc(-c3ccc(C(C)CC)cc3)nc3ccccc23)cc1. The number of para-hydroxylation sites is 1. The highest BCUT2D eigenvalue weighted by Gasteiger charge is 2.14. The van der Waals surface area contributed by atoms with Gasteiger partial charge >= 0.3 is 0 Å². The Bertz CT molecular complexity index is 1330. The molecule has 0 aliphatic rings. The summed E-state index contributed by atoms with van der Waals surface area (Å²) in [5.74, 6) is 1.06. The summed E-state index contributed by atoms with van der Waals surface area (Å²) in [5.41, 5.74) is 7.91. The summed E-state index contributed by atoms with van der Waals surface area (Å²) < 4.78 is 5.69. The standard InChI is InChI=1S/C31H33N3O2/c1-4-6-19-36-26-17-11-23(12-18-26)21-32-34-31(35)28-20-30(33-29-10-8-7-9-27(28)29)25-15-13-24(14-16-25)22(3)5-2/h7-18,20-22H,4-6,19H2,1-3H3,(H,34,35)/b32-21+. The predicted molar refractivity (Wildman–Crippen MR) is 148 cm³/mol. The minimum absolute atomic E-state index is 0.276. The number of nitrogens with one attached hydrogen (secondary N) is 1.